The molecular weight excluding hydrogens is 606 g/mol. The number of aliphatic hydroxyl groups is 1. The van der Waals surface area contributed by atoms with Crippen LogP contribution in [0, 0.1) is 62.1 Å². The first kappa shape index (κ1) is 34.0. The first-order valence-corrected chi connectivity index (χ1v) is 20.1. The molecule has 1 N–H and O–H groups in total. The Hall–Kier alpha value is -2.14. The maximum Gasteiger partial charge on any atom is 0.312 e. The number of esters is 1. The zero-order valence-electron chi connectivity index (χ0n) is 31.2. The van der Waals surface area contributed by atoms with Crippen molar-refractivity contribution in [2.24, 2.45) is 62.1 Å². The highest BCUT2D eigenvalue weighted by Crippen LogP contribution is 2.88. The molecule has 0 radical (unpaired) electrons. The molecule has 1 saturated heterocycles. The zero-order valence-corrected chi connectivity index (χ0v) is 31.2. The van der Waals surface area contributed by atoms with E-state index >= 15 is 4.79 Å². The Labute approximate surface area is 296 Å². The summed E-state index contributed by atoms with van der Waals surface area (Å²) in [6.45, 7) is 17.7. The first-order valence-electron chi connectivity index (χ1n) is 20.1. The lowest BCUT2D eigenvalue weighted by Crippen LogP contribution is -2.61. The van der Waals surface area contributed by atoms with E-state index in [1.165, 1.54) is 50.5 Å². The van der Waals surface area contributed by atoms with Crippen molar-refractivity contribution >= 4 is 11.9 Å². The number of fused-ring (bicyclic) bond motifs is 4. The van der Waals surface area contributed by atoms with E-state index < -0.39 is 5.41 Å². The normalized spacial score (nSPS) is 44.3. The lowest BCUT2D eigenvalue weighted by molar-refractivity contribution is -0.187. The molecular formula is C44H63NO4. The number of likely N-dealkylation sites (tertiary alicyclic amines) is 1. The van der Waals surface area contributed by atoms with Gasteiger partial charge in [-0.15, -0.1) is 0 Å². The molecule has 8 rings (SSSR count). The molecule has 268 valence electrons. The molecule has 6 aliphatic carbocycles. The molecule has 1 heterocycles. The quantitative estimate of drug-likeness (QED) is 0.243. The number of rotatable bonds is 6. The summed E-state index contributed by atoms with van der Waals surface area (Å²) in [5, 5.41) is 11.1. The topological polar surface area (TPSA) is 66.8 Å². The molecule has 1 amide bonds. The fraction of sp³-hybridized carbons (Fsp3) is 0.773. The minimum Gasteiger partial charge on any atom is -0.466 e. The van der Waals surface area contributed by atoms with Gasteiger partial charge in [-0.25, -0.2) is 0 Å². The Balaban J connectivity index is 1.06. The van der Waals surface area contributed by atoms with E-state index in [4.69, 9.17) is 4.74 Å². The van der Waals surface area contributed by atoms with E-state index in [-0.39, 0.29) is 22.9 Å². The Morgan fingerprint density at radius 2 is 1.61 bits per heavy atom. The van der Waals surface area contributed by atoms with Crippen molar-refractivity contribution < 1.29 is 19.4 Å². The van der Waals surface area contributed by atoms with E-state index in [1.807, 2.05) is 25.1 Å². The number of carbonyl (C=O) groups is 2. The number of benzene rings is 1. The smallest absolute Gasteiger partial charge is 0.312 e. The van der Waals surface area contributed by atoms with Gasteiger partial charge in [-0.1, -0.05) is 63.3 Å². The van der Waals surface area contributed by atoms with Gasteiger partial charge in [0.1, 0.15) is 0 Å². The fourth-order valence-electron chi connectivity index (χ4n) is 15.1. The lowest BCUT2D eigenvalue weighted by Gasteiger charge is -2.65. The summed E-state index contributed by atoms with van der Waals surface area (Å²) in [7, 11) is 0. The SMILES string of the molecule is C=C(C)[C@@H]1CC[C@]2(C(=O)N3CCC(Cc4ccccc4)(C(=O)OCC)CC3)CC[C@@]34C[C@]35CC[C@H]3C(C)(C)C(O)CC[C@]3(C)[C@H]5CC[C@@H]4[C@@H]12. The predicted molar refractivity (Wildman–Crippen MR) is 193 cm³/mol. The highest BCUT2D eigenvalue weighted by Gasteiger charge is 2.82. The molecule has 5 heteroatoms. The molecule has 1 unspecified atom stereocenters. The number of hydrogen-bond donors (Lipinski definition) is 1. The average molecular weight is 670 g/mol. The van der Waals surface area contributed by atoms with Crippen molar-refractivity contribution in [3.05, 3.63) is 48.0 Å². The van der Waals surface area contributed by atoms with Gasteiger partial charge in [-0.3, -0.25) is 9.59 Å². The Morgan fingerprint density at radius 1 is 0.878 bits per heavy atom. The van der Waals surface area contributed by atoms with Crippen molar-refractivity contribution in [2.75, 3.05) is 19.7 Å². The molecule has 49 heavy (non-hydrogen) atoms. The number of hydrogen-bond acceptors (Lipinski definition) is 4. The van der Waals surface area contributed by atoms with E-state index in [9.17, 15) is 9.90 Å². The average Bonchev–Trinajstić information content (AvgIpc) is 3.57. The Kier molecular flexibility index (Phi) is 7.92. The largest absolute Gasteiger partial charge is 0.466 e. The number of aliphatic hydroxyl groups excluding tert-OH is 1. The van der Waals surface area contributed by atoms with Gasteiger partial charge in [0, 0.05) is 13.1 Å². The predicted octanol–water partition coefficient (Wildman–Crippen LogP) is 8.78. The van der Waals surface area contributed by atoms with Crippen LogP contribution in [0.5, 0.6) is 0 Å². The van der Waals surface area contributed by atoms with Crippen molar-refractivity contribution in [1.82, 2.24) is 4.90 Å². The minimum absolute atomic E-state index is 0.0153. The zero-order chi connectivity index (χ0) is 34.6. The van der Waals surface area contributed by atoms with Crippen molar-refractivity contribution in [3.8, 4) is 0 Å². The number of amides is 1. The maximum atomic E-state index is 15.2. The molecule has 7 fully saturated rings. The van der Waals surface area contributed by atoms with Crippen LogP contribution in [0.15, 0.2) is 42.5 Å². The Morgan fingerprint density at radius 3 is 2.31 bits per heavy atom. The molecule has 5 nitrogen and oxygen atoms in total. The molecule has 7 aliphatic rings. The van der Waals surface area contributed by atoms with Gasteiger partial charge in [-0.2, -0.15) is 0 Å². The van der Waals surface area contributed by atoms with E-state index in [0.29, 0.717) is 84.8 Å². The van der Waals surface area contributed by atoms with Crippen molar-refractivity contribution in [3.63, 3.8) is 0 Å². The summed E-state index contributed by atoms with van der Waals surface area (Å²) >= 11 is 0. The van der Waals surface area contributed by atoms with E-state index in [1.54, 1.807) is 0 Å². The molecule has 1 aromatic rings. The summed E-state index contributed by atoms with van der Waals surface area (Å²) in [6.07, 6.45) is 14.7. The fourth-order valence-corrected chi connectivity index (χ4v) is 15.1. The van der Waals surface area contributed by atoms with Gasteiger partial charge in [0.05, 0.1) is 23.5 Å². The van der Waals surface area contributed by atoms with Crippen molar-refractivity contribution in [2.45, 2.75) is 131 Å². The second-order valence-corrected chi connectivity index (χ2v) is 19.3. The first-order chi connectivity index (χ1) is 23.3. The summed E-state index contributed by atoms with van der Waals surface area (Å²) in [5.74, 6) is 3.06. The van der Waals surface area contributed by atoms with Gasteiger partial charge in [-0.05, 0) is 161 Å². The van der Waals surface area contributed by atoms with E-state index in [0.717, 1.165) is 37.2 Å². The number of ether oxygens (including phenoxy) is 1. The summed E-state index contributed by atoms with van der Waals surface area (Å²) in [5.41, 5.74) is 2.69. The van der Waals surface area contributed by atoms with Gasteiger partial charge in [0.25, 0.3) is 0 Å². The molecule has 10 atom stereocenters. The van der Waals surface area contributed by atoms with Gasteiger partial charge in [0.2, 0.25) is 5.91 Å². The van der Waals surface area contributed by atoms with Crippen LogP contribution < -0.4 is 0 Å². The molecule has 1 aromatic carbocycles. The number of piperidine rings is 1. The summed E-state index contributed by atoms with van der Waals surface area (Å²) in [4.78, 5) is 30.9. The lowest BCUT2D eigenvalue weighted by atomic mass is 9.40. The van der Waals surface area contributed by atoms with Crippen LogP contribution in [0.1, 0.15) is 124 Å². The summed E-state index contributed by atoms with van der Waals surface area (Å²) < 4.78 is 5.69. The van der Waals surface area contributed by atoms with Crippen LogP contribution >= 0.6 is 0 Å². The van der Waals surface area contributed by atoms with Gasteiger partial charge < -0.3 is 14.7 Å². The monoisotopic (exact) mass is 669 g/mol. The molecule has 2 spiro atoms. The minimum atomic E-state index is -0.574. The highest BCUT2D eigenvalue weighted by atomic mass is 16.5. The standard InChI is InChI=1S/C44H63NO4/c1-7-49-38(48)41(27-30-11-9-8-10-12-30)23-25-45(26-24-41)37(47)42-19-15-31(29(2)3)36(42)32-13-14-34-40(6)18-17-35(46)39(4,5)33(40)16-20-44(34)28-43(32,44)22-21-42/h8-12,31-36,46H,2,7,13-28H2,1,3-6H3/t31-,32+,33-,34+,35?,36+,40-,42-,43-,44-/m0/s1. The number of allylic oxidation sites excluding steroid dienone is 1. The molecule has 6 saturated carbocycles. The number of nitrogens with zero attached hydrogens (tertiary/aromatic N) is 1. The molecule has 1 aliphatic heterocycles. The summed E-state index contributed by atoms with van der Waals surface area (Å²) in [6, 6.07) is 10.3. The second kappa shape index (κ2) is 11.4. The van der Waals surface area contributed by atoms with E-state index in [2.05, 4.69) is 51.3 Å². The molecule has 0 aromatic heterocycles. The molecule has 0 bridgehead atoms. The van der Waals surface area contributed by atoms with Gasteiger partial charge >= 0.3 is 5.97 Å². The van der Waals surface area contributed by atoms with Crippen LogP contribution in [0.4, 0.5) is 0 Å². The maximum absolute atomic E-state index is 15.2. The third-order valence-corrected chi connectivity index (χ3v) is 17.4. The van der Waals surface area contributed by atoms with Crippen LogP contribution in [-0.2, 0) is 20.7 Å². The van der Waals surface area contributed by atoms with Crippen LogP contribution in [0.3, 0.4) is 0 Å². The highest BCUT2D eigenvalue weighted by molar-refractivity contribution is 5.85. The second-order valence-electron chi connectivity index (χ2n) is 19.3. The van der Waals surface area contributed by atoms with Crippen molar-refractivity contribution in [1.29, 1.82) is 0 Å². The van der Waals surface area contributed by atoms with Crippen LogP contribution in [0.25, 0.3) is 0 Å². The third-order valence-electron chi connectivity index (χ3n) is 17.4. The third kappa shape index (κ3) is 4.58. The number of carbonyl (C=O) groups excluding carboxylic acids is 2. The Bertz CT molecular complexity index is 1490. The van der Waals surface area contributed by atoms with Gasteiger partial charge in [0.15, 0.2) is 0 Å². The van der Waals surface area contributed by atoms with Crippen LogP contribution in [-0.4, -0.2) is 47.7 Å². The van der Waals surface area contributed by atoms with Crippen LogP contribution in [0.2, 0.25) is 0 Å².